The molecule has 3 rings (SSSR count). The molecule has 0 saturated carbocycles. The first-order valence-electron chi connectivity index (χ1n) is 7.90. The van der Waals surface area contributed by atoms with Crippen molar-refractivity contribution in [3.8, 4) is 0 Å². The van der Waals surface area contributed by atoms with Gasteiger partial charge in [-0.25, -0.2) is 0 Å². The number of hydrogen-bond donors (Lipinski definition) is 1. The summed E-state index contributed by atoms with van der Waals surface area (Å²) in [7, 11) is 0. The van der Waals surface area contributed by atoms with Gasteiger partial charge in [-0.2, -0.15) is 0 Å². The third-order valence-corrected chi connectivity index (χ3v) is 4.08. The Bertz CT molecular complexity index is 657. The van der Waals surface area contributed by atoms with Crippen molar-refractivity contribution >= 4 is 16.8 Å². The van der Waals surface area contributed by atoms with Crippen molar-refractivity contribution in [3.05, 3.63) is 36.3 Å². The van der Waals surface area contributed by atoms with Gasteiger partial charge in [0.1, 0.15) is 5.69 Å². The minimum atomic E-state index is 0.0154. The summed E-state index contributed by atoms with van der Waals surface area (Å²) in [6.07, 6.45) is 5.38. The Morgan fingerprint density at radius 1 is 1.23 bits per heavy atom. The van der Waals surface area contributed by atoms with Crippen LogP contribution < -0.4 is 5.32 Å². The standard InChI is InChI=1S/C17H22N4O/c1-12(2)20-13-6-10-21(11-7-13)17(22)16-14-4-3-8-18-15(14)5-9-19-16/h3-5,8-9,12-13,20H,6-7,10-11H2,1-2H3. The summed E-state index contributed by atoms with van der Waals surface area (Å²) in [5.41, 5.74) is 1.33. The van der Waals surface area contributed by atoms with Crippen LogP contribution in [-0.2, 0) is 0 Å². The number of hydrogen-bond acceptors (Lipinski definition) is 4. The summed E-state index contributed by atoms with van der Waals surface area (Å²) in [6.45, 7) is 5.87. The number of likely N-dealkylation sites (tertiary alicyclic amines) is 1. The second-order valence-corrected chi connectivity index (χ2v) is 6.12. The van der Waals surface area contributed by atoms with Crippen LogP contribution in [0, 0.1) is 0 Å². The molecular formula is C17H22N4O. The Hall–Kier alpha value is -2.01. The average molecular weight is 298 g/mol. The molecule has 116 valence electrons. The number of fused-ring (bicyclic) bond motifs is 1. The molecule has 0 bridgehead atoms. The number of rotatable bonds is 3. The first-order valence-corrected chi connectivity index (χ1v) is 7.90. The predicted molar refractivity (Wildman–Crippen MR) is 86.7 cm³/mol. The molecule has 2 aromatic rings. The smallest absolute Gasteiger partial charge is 0.273 e. The van der Waals surface area contributed by atoms with Crippen LogP contribution >= 0.6 is 0 Å². The van der Waals surface area contributed by atoms with Crippen LogP contribution in [0.5, 0.6) is 0 Å². The monoisotopic (exact) mass is 298 g/mol. The lowest BCUT2D eigenvalue weighted by Crippen LogP contribution is -2.46. The number of carbonyl (C=O) groups excluding carboxylic acids is 1. The Kier molecular flexibility index (Phi) is 4.34. The SMILES string of the molecule is CC(C)NC1CCN(C(=O)c2nccc3ncccc23)CC1. The number of amides is 1. The maximum Gasteiger partial charge on any atom is 0.273 e. The van der Waals surface area contributed by atoms with E-state index < -0.39 is 0 Å². The zero-order chi connectivity index (χ0) is 15.5. The van der Waals surface area contributed by atoms with Gasteiger partial charge >= 0.3 is 0 Å². The van der Waals surface area contributed by atoms with Gasteiger partial charge in [0, 0.05) is 43.0 Å². The molecule has 5 heteroatoms. The summed E-state index contributed by atoms with van der Waals surface area (Å²) in [5.74, 6) is 0.0154. The van der Waals surface area contributed by atoms with Crippen molar-refractivity contribution in [2.24, 2.45) is 0 Å². The van der Waals surface area contributed by atoms with E-state index in [4.69, 9.17) is 0 Å². The number of pyridine rings is 2. The Labute approximate surface area is 130 Å². The van der Waals surface area contributed by atoms with Crippen molar-refractivity contribution in [3.63, 3.8) is 0 Å². The van der Waals surface area contributed by atoms with E-state index in [2.05, 4.69) is 29.1 Å². The predicted octanol–water partition coefficient (Wildman–Crippen LogP) is 2.23. The topological polar surface area (TPSA) is 58.1 Å². The van der Waals surface area contributed by atoms with Gasteiger partial charge in [0.05, 0.1) is 5.52 Å². The fourth-order valence-electron chi connectivity index (χ4n) is 3.04. The normalized spacial score (nSPS) is 16.4. The van der Waals surface area contributed by atoms with Crippen molar-refractivity contribution in [2.45, 2.75) is 38.8 Å². The highest BCUT2D eigenvalue weighted by molar-refractivity contribution is 6.04. The van der Waals surface area contributed by atoms with E-state index in [1.54, 1.807) is 12.4 Å². The Morgan fingerprint density at radius 2 is 2.00 bits per heavy atom. The molecule has 1 N–H and O–H groups in total. The molecule has 3 heterocycles. The van der Waals surface area contributed by atoms with Gasteiger partial charge in [0.15, 0.2) is 0 Å². The fraction of sp³-hybridized carbons (Fsp3) is 0.471. The maximum absolute atomic E-state index is 12.8. The summed E-state index contributed by atoms with van der Waals surface area (Å²) in [6, 6.07) is 6.59. The average Bonchev–Trinajstić information content (AvgIpc) is 2.54. The Morgan fingerprint density at radius 3 is 2.73 bits per heavy atom. The van der Waals surface area contributed by atoms with E-state index in [9.17, 15) is 4.79 Å². The molecule has 0 aliphatic carbocycles. The van der Waals surface area contributed by atoms with Crippen molar-refractivity contribution in [1.82, 2.24) is 20.2 Å². The maximum atomic E-state index is 12.8. The molecule has 5 nitrogen and oxygen atoms in total. The fourth-order valence-corrected chi connectivity index (χ4v) is 3.04. The van der Waals surface area contributed by atoms with Gasteiger partial charge in [0.2, 0.25) is 0 Å². The largest absolute Gasteiger partial charge is 0.337 e. The highest BCUT2D eigenvalue weighted by Gasteiger charge is 2.25. The van der Waals surface area contributed by atoms with Gasteiger partial charge in [-0.1, -0.05) is 13.8 Å². The highest BCUT2D eigenvalue weighted by atomic mass is 16.2. The summed E-state index contributed by atoms with van der Waals surface area (Å²) < 4.78 is 0. The third-order valence-electron chi connectivity index (χ3n) is 4.08. The molecule has 0 atom stereocenters. The quantitative estimate of drug-likeness (QED) is 0.944. The van der Waals surface area contributed by atoms with Crippen LogP contribution in [0.1, 0.15) is 37.2 Å². The molecule has 2 aromatic heterocycles. The first kappa shape index (κ1) is 14.9. The van der Waals surface area contributed by atoms with Crippen LogP contribution in [0.15, 0.2) is 30.6 Å². The van der Waals surface area contributed by atoms with E-state index in [1.807, 2.05) is 23.1 Å². The van der Waals surface area contributed by atoms with Gasteiger partial charge in [0.25, 0.3) is 5.91 Å². The van der Waals surface area contributed by atoms with Crippen LogP contribution in [0.2, 0.25) is 0 Å². The summed E-state index contributed by atoms with van der Waals surface area (Å²) >= 11 is 0. The summed E-state index contributed by atoms with van der Waals surface area (Å²) in [5, 5.41) is 4.38. The minimum Gasteiger partial charge on any atom is -0.337 e. The Balaban J connectivity index is 1.74. The van der Waals surface area contributed by atoms with Crippen LogP contribution in [-0.4, -0.2) is 45.9 Å². The molecule has 0 spiro atoms. The second kappa shape index (κ2) is 6.40. The molecule has 0 radical (unpaired) electrons. The lowest BCUT2D eigenvalue weighted by atomic mass is 10.0. The zero-order valence-electron chi connectivity index (χ0n) is 13.1. The van der Waals surface area contributed by atoms with Crippen molar-refractivity contribution in [2.75, 3.05) is 13.1 Å². The highest BCUT2D eigenvalue weighted by Crippen LogP contribution is 2.19. The van der Waals surface area contributed by atoms with Gasteiger partial charge in [-0.05, 0) is 31.0 Å². The molecule has 0 unspecified atom stereocenters. The van der Waals surface area contributed by atoms with Crippen LogP contribution in [0.3, 0.4) is 0 Å². The molecule has 1 saturated heterocycles. The van der Waals surface area contributed by atoms with E-state index in [0.29, 0.717) is 17.8 Å². The van der Waals surface area contributed by atoms with Gasteiger partial charge in [-0.15, -0.1) is 0 Å². The molecule has 1 aliphatic heterocycles. The van der Waals surface area contributed by atoms with Crippen molar-refractivity contribution in [1.29, 1.82) is 0 Å². The molecular weight excluding hydrogens is 276 g/mol. The number of piperidine rings is 1. The zero-order valence-corrected chi connectivity index (χ0v) is 13.1. The molecule has 1 aliphatic rings. The van der Waals surface area contributed by atoms with Gasteiger partial charge in [-0.3, -0.25) is 14.8 Å². The lowest BCUT2D eigenvalue weighted by molar-refractivity contribution is 0.0699. The first-order chi connectivity index (χ1) is 10.6. The molecule has 0 aromatic carbocycles. The summed E-state index contributed by atoms with van der Waals surface area (Å²) in [4.78, 5) is 23.3. The number of nitrogens with zero attached hydrogens (tertiary/aromatic N) is 3. The van der Waals surface area contributed by atoms with E-state index in [0.717, 1.165) is 36.8 Å². The second-order valence-electron chi connectivity index (χ2n) is 6.12. The number of nitrogens with one attached hydrogen (secondary N) is 1. The number of carbonyl (C=O) groups is 1. The minimum absolute atomic E-state index is 0.0154. The van der Waals surface area contributed by atoms with Crippen molar-refractivity contribution < 1.29 is 4.79 Å². The number of aromatic nitrogens is 2. The van der Waals surface area contributed by atoms with Gasteiger partial charge < -0.3 is 10.2 Å². The van der Waals surface area contributed by atoms with Crippen LogP contribution in [0.4, 0.5) is 0 Å². The van der Waals surface area contributed by atoms with E-state index in [1.165, 1.54) is 0 Å². The van der Waals surface area contributed by atoms with E-state index >= 15 is 0 Å². The van der Waals surface area contributed by atoms with Crippen LogP contribution in [0.25, 0.3) is 10.9 Å². The lowest BCUT2D eigenvalue weighted by Gasteiger charge is -2.33. The molecule has 1 amide bonds. The van der Waals surface area contributed by atoms with E-state index in [-0.39, 0.29) is 5.91 Å². The third kappa shape index (κ3) is 3.09. The molecule has 22 heavy (non-hydrogen) atoms. The molecule has 1 fully saturated rings.